The molecule has 3 rings (SSSR count). The Morgan fingerprint density at radius 3 is 1.19 bits per heavy atom. The van der Waals surface area contributed by atoms with Crippen molar-refractivity contribution < 1.29 is 0 Å². The molecule has 0 saturated heterocycles. The highest BCUT2D eigenvalue weighted by Gasteiger charge is 2.12. The summed E-state index contributed by atoms with van der Waals surface area (Å²) in [6.45, 7) is 8.93. The van der Waals surface area contributed by atoms with Crippen LogP contribution in [0.25, 0.3) is 0 Å². The molecule has 0 heterocycles. The largest absolute Gasteiger partial charge is 0.311 e. The van der Waals surface area contributed by atoms with Crippen molar-refractivity contribution >= 4 is 17.1 Å². The average Bonchev–Trinajstić information content (AvgIpc) is 2.70. The van der Waals surface area contributed by atoms with Crippen molar-refractivity contribution in [1.82, 2.24) is 0 Å². The Bertz CT molecular complexity index is 779. The highest BCUT2D eigenvalue weighted by molar-refractivity contribution is 5.76. The quantitative estimate of drug-likeness (QED) is 0.423. The number of hydrogen-bond donors (Lipinski definition) is 0. The Morgan fingerprint density at radius 2 is 0.889 bits per heavy atom. The Kier molecular flexibility index (Phi) is 6.34. The second kappa shape index (κ2) is 8.90. The molecule has 0 aliphatic carbocycles. The lowest BCUT2D eigenvalue weighted by Gasteiger charge is -2.26. The first-order valence-corrected chi connectivity index (χ1v) is 10.2. The minimum Gasteiger partial charge on any atom is -0.311 e. The van der Waals surface area contributed by atoms with E-state index in [4.69, 9.17) is 0 Å². The van der Waals surface area contributed by atoms with Crippen LogP contribution in [0.3, 0.4) is 0 Å². The van der Waals surface area contributed by atoms with Gasteiger partial charge in [-0.3, -0.25) is 0 Å². The topological polar surface area (TPSA) is 3.24 Å². The van der Waals surface area contributed by atoms with Gasteiger partial charge in [0.1, 0.15) is 0 Å². The highest BCUT2D eigenvalue weighted by Crippen LogP contribution is 2.35. The van der Waals surface area contributed by atoms with Crippen LogP contribution >= 0.6 is 0 Å². The van der Waals surface area contributed by atoms with Crippen molar-refractivity contribution in [3.05, 3.63) is 89.5 Å². The van der Waals surface area contributed by atoms with E-state index in [0.29, 0.717) is 5.92 Å². The molecule has 0 bridgehead atoms. The molecule has 1 nitrogen and oxygen atoms in total. The van der Waals surface area contributed by atoms with E-state index in [1.54, 1.807) is 0 Å². The lowest BCUT2D eigenvalue weighted by molar-refractivity contribution is 0.647. The third-order valence-electron chi connectivity index (χ3n) is 5.04. The van der Waals surface area contributed by atoms with Crippen LogP contribution in [-0.4, -0.2) is 0 Å². The first-order chi connectivity index (χ1) is 13.1. The normalized spacial score (nSPS) is 11.0. The van der Waals surface area contributed by atoms with E-state index < -0.39 is 0 Å². The molecule has 0 aromatic heterocycles. The zero-order valence-electron chi connectivity index (χ0n) is 17.1. The molecule has 0 radical (unpaired) electrons. The first kappa shape index (κ1) is 19.2. The molecule has 0 aliphatic heterocycles. The predicted molar refractivity (Wildman–Crippen MR) is 118 cm³/mol. The molecule has 0 unspecified atom stereocenters. The third-order valence-corrected chi connectivity index (χ3v) is 5.04. The van der Waals surface area contributed by atoms with Gasteiger partial charge >= 0.3 is 0 Å². The van der Waals surface area contributed by atoms with E-state index in [1.807, 2.05) is 0 Å². The number of nitrogens with zero attached hydrogens (tertiary/aromatic N) is 1. The summed E-state index contributed by atoms with van der Waals surface area (Å²) >= 11 is 0. The third kappa shape index (κ3) is 4.80. The van der Waals surface area contributed by atoms with Gasteiger partial charge in [0.05, 0.1) is 0 Å². The molecule has 0 spiro atoms. The monoisotopic (exact) mass is 357 g/mol. The van der Waals surface area contributed by atoms with Crippen LogP contribution in [0.4, 0.5) is 17.1 Å². The van der Waals surface area contributed by atoms with E-state index in [9.17, 15) is 0 Å². The molecule has 0 fully saturated rings. The van der Waals surface area contributed by atoms with Gasteiger partial charge in [-0.15, -0.1) is 0 Å². The van der Waals surface area contributed by atoms with Crippen molar-refractivity contribution in [2.75, 3.05) is 4.90 Å². The molecule has 0 N–H and O–H groups in total. The molecule has 0 aliphatic rings. The molecule has 0 amide bonds. The summed E-state index contributed by atoms with van der Waals surface area (Å²) in [5.41, 5.74) is 7.74. The summed E-state index contributed by atoms with van der Waals surface area (Å²) in [5.74, 6) is 0.676. The van der Waals surface area contributed by atoms with Crippen molar-refractivity contribution in [2.24, 2.45) is 5.92 Å². The minimum absolute atomic E-state index is 0.676. The summed E-state index contributed by atoms with van der Waals surface area (Å²) < 4.78 is 0. The summed E-state index contributed by atoms with van der Waals surface area (Å²) in [5, 5.41) is 0. The second-order valence-corrected chi connectivity index (χ2v) is 7.64. The number of aryl methyl sites for hydroxylation is 2. The average molecular weight is 358 g/mol. The zero-order valence-corrected chi connectivity index (χ0v) is 17.1. The number of rotatable bonds is 7. The van der Waals surface area contributed by atoms with Gasteiger partial charge < -0.3 is 4.90 Å². The maximum absolute atomic E-state index is 2.35. The SMILES string of the molecule is CCc1ccc(N(c2ccc(CC)cc2)c2ccc(CC(C)C)cc2)cc1. The van der Waals surface area contributed by atoms with Crippen LogP contribution in [-0.2, 0) is 19.3 Å². The predicted octanol–water partition coefficient (Wildman–Crippen LogP) is 7.48. The molecule has 140 valence electrons. The standard InChI is InChI=1S/C26H31N/c1-5-21-7-13-24(14-8-21)27(25-15-9-22(6-2)10-16-25)26-17-11-23(12-18-26)19-20(3)4/h7-18,20H,5-6,19H2,1-4H3. The van der Waals surface area contributed by atoms with E-state index >= 15 is 0 Å². The fraction of sp³-hybridized carbons (Fsp3) is 0.308. The minimum atomic E-state index is 0.676. The second-order valence-electron chi connectivity index (χ2n) is 7.64. The van der Waals surface area contributed by atoms with Gasteiger partial charge in [-0.1, -0.05) is 64.1 Å². The van der Waals surface area contributed by atoms with Crippen LogP contribution < -0.4 is 4.90 Å². The maximum Gasteiger partial charge on any atom is 0.0461 e. The van der Waals surface area contributed by atoms with Crippen molar-refractivity contribution in [3.8, 4) is 0 Å². The Morgan fingerprint density at radius 1 is 0.556 bits per heavy atom. The highest BCUT2D eigenvalue weighted by atomic mass is 15.1. The Balaban J connectivity index is 2.00. The van der Waals surface area contributed by atoms with E-state index in [2.05, 4.69) is 105 Å². The molecule has 1 heteroatoms. The molecule has 3 aromatic rings. The van der Waals surface area contributed by atoms with Crippen molar-refractivity contribution in [3.63, 3.8) is 0 Å². The summed E-state index contributed by atoms with van der Waals surface area (Å²) in [6, 6.07) is 26.9. The molecule has 3 aromatic carbocycles. The van der Waals surface area contributed by atoms with Gasteiger partial charge in [0.15, 0.2) is 0 Å². The first-order valence-electron chi connectivity index (χ1n) is 10.2. The van der Waals surface area contributed by atoms with Gasteiger partial charge in [-0.25, -0.2) is 0 Å². The van der Waals surface area contributed by atoms with Crippen LogP contribution in [0.15, 0.2) is 72.8 Å². The molecule has 0 atom stereocenters. The molecular formula is C26H31N. The van der Waals surface area contributed by atoms with Crippen molar-refractivity contribution in [1.29, 1.82) is 0 Å². The molecular weight excluding hydrogens is 326 g/mol. The van der Waals surface area contributed by atoms with E-state index in [1.165, 1.54) is 33.8 Å². The van der Waals surface area contributed by atoms with Crippen LogP contribution in [0.1, 0.15) is 44.4 Å². The fourth-order valence-corrected chi connectivity index (χ4v) is 3.46. The van der Waals surface area contributed by atoms with Gasteiger partial charge in [0.25, 0.3) is 0 Å². The van der Waals surface area contributed by atoms with Gasteiger partial charge in [0, 0.05) is 17.1 Å². The molecule has 0 saturated carbocycles. The van der Waals surface area contributed by atoms with Gasteiger partial charge in [0.2, 0.25) is 0 Å². The summed E-state index contributed by atoms with van der Waals surface area (Å²) in [6.07, 6.45) is 3.25. The Labute approximate surface area is 164 Å². The van der Waals surface area contributed by atoms with Gasteiger partial charge in [-0.05, 0) is 78.3 Å². The van der Waals surface area contributed by atoms with Crippen molar-refractivity contribution in [2.45, 2.75) is 47.0 Å². The fourth-order valence-electron chi connectivity index (χ4n) is 3.46. The zero-order chi connectivity index (χ0) is 19.2. The van der Waals surface area contributed by atoms with Gasteiger partial charge in [-0.2, -0.15) is 0 Å². The number of benzene rings is 3. The Hall–Kier alpha value is -2.54. The summed E-state index contributed by atoms with van der Waals surface area (Å²) in [4.78, 5) is 2.35. The smallest absolute Gasteiger partial charge is 0.0461 e. The lowest BCUT2D eigenvalue weighted by Crippen LogP contribution is -2.10. The number of anilines is 3. The molecule has 27 heavy (non-hydrogen) atoms. The summed E-state index contributed by atoms with van der Waals surface area (Å²) in [7, 11) is 0. The van der Waals surface area contributed by atoms with Crippen LogP contribution in [0.2, 0.25) is 0 Å². The van der Waals surface area contributed by atoms with Crippen LogP contribution in [0.5, 0.6) is 0 Å². The van der Waals surface area contributed by atoms with Crippen LogP contribution in [0, 0.1) is 5.92 Å². The maximum atomic E-state index is 2.35. The number of hydrogen-bond acceptors (Lipinski definition) is 1. The van der Waals surface area contributed by atoms with E-state index in [0.717, 1.165) is 19.3 Å². The van der Waals surface area contributed by atoms with E-state index in [-0.39, 0.29) is 0 Å². The lowest BCUT2D eigenvalue weighted by atomic mass is 10.0.